The number of amides is 1. The molecule has 29 heavy (non-hydrogen) atoms. The second-order valence-electron chi connectivity index (χ2n) is 6.82. The second kappa shape index (κ2) is 11.6. The molecule has 154 valence electrons. The smallest absolute Gasteiger partial charge is 0.338 e. The van der Waals surface area contributed by atoms with E-state index in [1.54, 1.807) is 23.9 Å². The van der Waals surface area contributed by atoms with Crippen molar-refractivity contribution in [2.24, 2.45) is 0 Å². The summed E-state index contributed by atoms with van der Waals surface area (Å²) in [5, 5.41) is 2.76. The van der Waals surface area contributed by atoms with Gasteiger partial charge in [-0.1, -0.05) is 30.3 Å². The molecular weight excluding hydrogens is 388 g/mol. The molecule has 1 saturated heterocycles. The van der Waals surface area contributed by atoms with Crippen molar-refractivity contribution in [3.63, 3.8) is 0 Å². The Hall–Kier alpha value is -2.35. The maximum absolute atomic E-state index is 12.1. The Kier molecular flexibility index (Phi) is 8.55. The van der Waals surface area contributed by atoms with E-state index in [0.717, 1.165) is 43.5 Å². The number of carbonyl (C=O) groups excluding carboxylic acids is 2. The summed E-state index contributed by atoms with van der Waals surface area (Å²) in [7, 11) is 0. The Balaban J connectivity index is 1.33. The fourth-order valence-corrected chi connectivity index (χ4v) is 3.82. The number of esters is 1. The summed E-state index contributed by atoms with van der Waals surface area (Å²) in [5.74, 6) is -0.0142. The molecule has 1 aliphatic heterocycles. The highest BCUT2D eigenvalue weighted by Crippen LogP contribution is 2.15. The topological polar surface area (TPSA) is 69.1 Å². The first-order valence-electron chi connectivity index (χ1n) is 9.82. The molecule has 1 aliphatic rings. The number of carbonyl (C=O) groups is 2. The standard InChI is InChI=1S/C22H26N2O4S/c25-21(23-10-15-29-20-4-2-1-3-5-20)17-28-22(26)19-8-6-18(7-9-19)16-24-11-13-27-14-12-24/h1-9H,10-17H2,(H,23,25)/p+1. The van der Waals surface area contributed by atoms with Crippen LogP contribution < -0.4 is 10.2 Å². The van der Waals surface area contributed by atoms with Crippen LogP contribution in [0.4, 0.5) is 0 Å². The molecule has 1 fully saturated rings. The Labute approximate surface area is 175 Å². The lowest BCUT2D eigenvalue weighted by Gasteiger charge is -2.23. The third-order valence-electron chi connectivity index (χ3n) is 4.61. The van der Waals surface area contributed by atoms with Gasteiger partial charge in [0.2, 0.25) is 0 Å². The summed E-state index contributed by atoms with van der Waals surface area (Å²) >= 11 is 1.67. The van der Waals surface area contributed by atoms with Crippen LogP contribution in [0.25, 0.3) is 0 Å². The number of rotatable bonds is 9. The molecule has 0 bridgehead atoms. The fourth-order valence-electron chi connectivity index (χ4n) is 3.03. The number of hydrogen-bond acceptors (Lipinski definition) is 5. The van der Waals surface area contributed by atoms with Gasteiger partial charge in [-0.05, 0) is 24.3 Å². The Morgan fingerprint density at radius 2 is 1.76 bits per heavy atom. The molecule has 1 heterocycles. The van der Waals surface area contributed by atoms with Gasteiger partial charge >= 0.3 is 5.97 Å². The van der Waals surface area contributed by atoms with E-state index >= 15 is 0 Å². The predicted octanol–water partition coefficient (Wildman–Crippen LogP) is 1.17. The molecule has 3 rings (SSSR count). The molecule has 7 heteroatoms. The average Bonchev–Trinajstić information content (AvgIpc) is 2.77. The number of hydrogen-bond donors (Lipinski definition) is 2. The zero-order valence-electron chi connectivity index (χ0n) is 16.4. The van der Waals surface area contributed by atoms with Crippen LogP contribution in [0.1, 0.15) is 15.9 Å². The zero-order chi connectivity index (χ0) is 20.3. The van der Waals surface area contributed by atoms with Gasteiger partial charge in [-0.3, -0.25) is 4.79 Å². The summed E-state index contributed by atoms with van der Waals surface area (Å²) in [4.78, 5) is 26.6. The zero-order valence-corrected chi connectivity index (χ0v) is 17.2. The van der Waals surface area contributed by atoms with Crippen LogP contribution in [0.2, 0.25) is 0 Å². The molecule has 2 aromatic rings. The molecule has 0 spiro atoms. The van der Waals surface area contributed by atoms with Crippen LogP contribution in [0.3, 0.4) is 0 Å². The van der Waals surface area contributed by atoms with Crippen LogP contribution in [-0.2, 0) is 20.8 Å². The molecule has 0 atom stereocenters. The molecule has 2 N–H and O–H groups in total. The number of thioether (sulfide) groups is 1. The van der Waals surface area contributed by atoms with E-state index in [0.29, 0.717) is 12.1 Å². The molecule has 1 amide bonds. The highest BCUT2D eigenvalue weighted by molar-refractivity contribution is 7.99. The number of morpholine rings is 1. The molecule has 6 nitrogen and oxygen atoms in total. The molecule has 0 aromatic heterocycles. The molecule has 2 aromatic carbocycles. The summed E-state index contributed by atoms with van der Waals surface area (Å²) in [6.45, 7) is 4.77. The van der Waals surface area contributed by atoms with Gasteiger partial charge in [0.15, 0.2) is 6.61 Å². The van der Waals surface area contributed by atoms with E-state index in [4.69, 9.17) is 9.47 Å². The van der Waals surface area contributed by atoms with Gasteiger partial charge < -0.3 is 19.7 Å². The maximum Gasteiger partial charge on any atom is 0.338 e. The van der Waals surface area contributed by atoms with Gasteiger partial charge in [-0.2, -0.15) is 0 Å². The lowest BCUT2D eigenvalue weighted by Crippen LogP contribution is -3.12. The van der Waals surface area contributed by atoms with Crippen LogP contribution in [0.15, 0.2) is 59.5 Å². The monoisotopic (exact) mass is 415 g/mol. The fraction of sp³-hybridized carbons (Fsp3) is 0.364. The lowest BCUT2D eigenvalue weighted by atomic mass is 10.1. The number of quaternary nitrogens is 1. The first-order chi connectivity index (χ1) is 14.2. The number of nitrogens with one attached hydrogen (secondary N) is 2. The second-order valence-corrected chi connectivity index (χ2v) is 7.99. The van der Waals surface area contributed by atoms with E-state index in [9.17, 15) is 9.59 Å². The van der Waals surface area contributed by atoms with E-state index in [1.807, 2.05) is 42.5 Å². The van der Waals surface area contributed by atoms with E-state index < -0.39 is 5.97 Å². The van der Waals surface area contributed by atoms with Gasteiger partial charge in [0.1, 0.15) is 19.6 Å². The highest BCUT2D eigenvalue weighted by Gasteiger charge is 2.15. The minimum absolute atomic E-state index is 0.269. The Morgan fingerprint density at radius 3 is 2.48 bits per heavy atom. The lowest BCUT2D eigenvalue weighted by molar-refractivity contribution is -0.921. The molecule has 0 aliphatic carbocycles. The SMILES string of the molecule is O=C(COC(=O)c1ccc(C[NH+]2CCOCC2)cc1)NCCSc1ccccc1. The van der Waals surface area contributed by atoms with Crippen molar-refractivity contribution in [3.05, 3.63) is 65.7 Å². The highest BCUT2D eigenvalue weighted by atomic mass is 32.2. The third-order valence-corrected chi connectivity index (χ3v) is 5.63. The average molecular weight is 416 g/mol. The van der Waals surface area contributed by atoms with Crippen molar-refractivity contribution < 1.29 is 24.0 Å². The van der Waals surface area contributed by atoms with Gasteiger partial charge in [0.25, 0.3) is 5.91 Å². The van der Waals surface area contributed by atoms with Gasteiger partial charge in [0, 0.05) is 22.8 Å². The molecule has 0 unspecified atom stereocenters. The van der Waals surface area contributed by atoms with Gasteiger partial charge in [-0.25, -0.2) is 4.79 Å². The van der Waals surface area contributed by atoms with Crippen molar-refractivity contribution >= 4 is 23.6 Å². The van der Waals surface area contributed by atoms with Crippen LogP contribution in [0, 0.1) is 0 Å². The number of benzene rings is 2. The van der Waals surface area contributed by atoms with Crippen molar-refractivity contribution in [1.29, 1.82) is 0 Å². The van der Waals surface area contributed by atoms with E-state index in [2.05, 4.69) is 5.32 Å². The summed E-state index contributed by atoms with van der Waals surface area (Å²) in [5.41, 5.74) is 1.63. The molecular formula is C22H27N2O4S+. The summed E-state index contributed by atoms with van der Waals surface area (Å²) in [6, 6.07) is 17.4. The van der Waals surface area contributed by atoms with Gasteiger partial charge in [0.05, 0.1) is 18.8 Å². The first-order valence-corrected chi connectivity index (χ1v) is 10.8. The molecule has 0 radical (unpaired) electrons. The van der Waals surface area contributed by atoms with Crippen molar-refractivity contribution in [2.75, 3.05) is 45.2 Å². The largest absolute Gasteiger partial charge is 0.452 e. The Morgan fingerprint density at radius 1 is 1.03 bits per heavy atom. The molecule has 0 saturated carbocycles. The summed E-state index contributed by atoms with van der Waals surface area (Å²) in [6.07, 6.45) is 0. The third kappa shape index (κ3) is 7.53. The maximum atomic E-state index is 12.1. The van der Waals surface area contributed by atoms with Crippen LogP contribution in [-0.4, -0.2) is 57.1 Å². The normalized spacial score (nSPS) is 14.3. The quantitative estimate of drug-likeness (QED) is 0.366. The number of ether oxygens (including phenoxy) is 2. The minimum atomic E-state index is -0.482. The Bertz CT molecular complexity index is 777. The summed E-state index contributed by atoms with van der Waals surface area (Å²) < 4.78 is 10.5. The van der Waals surface area contributed by atoms with E-state index in [-0.39, 0.29) is 12.5 Å². The predicted molar refractivity (Wildman–Crippen MR) is 112 cm³/mol. The first kappa shape index (κ1) is 21.4. The van der Waals surface area contributed by atoms with E-state index in [1.165, 1.54) is 10.5 Å². The van der Waals surface area contributed by atoms with Crippen molar-refractivity contribution in [2.45, 2.75) is 11.4 Å². The van der Waals surface area contributed by atoms with Crippen molar-refractivity contribution in [3.8, 4) is 0 Å². The minimum Gasteiger partial charge on any atom is -0.452 e. The van der Waals surface area contributed by atoms with Crippen LogP contribution >= 0.6 is 11.8 Å². The van der Waals surface area contributed by atoms with Crippen molar-refractivity contribution in [1.82, 2.24) is 5.32 Å². The van der Waals surface area contributed by atoms with Crippen LogP contribution in [0.5, 0.6) is 0 Å². The van der Waals surface area contributed by atoms with Gasteiger partial charge in [-0.15, -0.1) is 11.8 Å².